The maximum atomic E-state index is 12.6. The van der Waals surface area contributed by atoms with Crippen molar-refractivity contribution in [3.63, 3.8) is 0 Å². The summed E-state index contributed by atoms with van der Waals surface area (Å²) in [5.41, 5.74) is 0. The molecule has 0 fully saturated rings. The summed E-state index contributed by atoms with van der Waals surface area (Å²) in [6.45, 7) is 4.56. The summed E-state index contributed by atoms with van der Waals surface area (Å²) in [6, 6.07) is -0.618. The van der Waals surface area contributed by atoms with Gasteiger partial charge in [0.2, 0.25) is 0 Å². The van der Waals surface area contributed by atoms with E-state index in [0.29, 0.717) is 19.3 Å². The van der Waals surface area contributed by atoms with Crippen molar-refractivity contribution in [1.82, 2.24) is 0 Å². The lowest BCUT2D eigenvalue weighted by Gasteiger charge is -2.31. The molecule has 8 heteroatoms. The Morgan fingerprint density at radius 2 is 1.06 bits per heavy atom. The van der Waals surface area contributed by atoms with Gasteiger partial charge in [-0.15, -0.1) is 0 Å². The van der Waals surface area contributed by atoms with Crippen LogP contribution < -0.4 is 0 Å². The van der Waals surface area contributed by atoms with Gasteiger partial charge in [0.25, 0.3) is 0 Å². The van der Waals surface area contributed by atoms with E-state index in [2.05, 4.69) is 74.6 Å². The first-order valence-electron chi connectivity index (χ1n) is 20.8. The number of hydrogen-bond acceptors (Lipinski definition) is 6. The van der Waals surface area contributed by atoms with Gasteiger partial charge in [-0.25, -0.2) is 4.79 Å². The molecular weight excluding hydrogens is 666 g/mol. The summed E-state index contributed by atoms with van der Waals surface area (Å²) < 4.78 is 17.2. The van der Waals surface area contributed by atoms with Crippen LogP contribution in [0, 0.1) is 0 Å². The number of unbranched alkanes of at least 4 members (excludes halogenated alkanes) is 12. The van der Waals surface area contributed by atoms with E-state index in [-0.39, 0.29) is 36.2 Å². The molecule has 0 aromatic heterocycles. The average molecular weight is 745 g/mol. The number of likely N-dealkylation sites (N-methyl/N-ethyl adjacent to an activating group) is 1. The standard InChI is InChI=1S/C45H77NO7/c1-6-8-10-12-14-16-17-18-19-20-21-22-23-24-25-26-28-29-31-33-35-43(47)52-40-41(39-51-38-37-42(45(49)50)46(3,4)5)53-44(48)36-34-32-30-27-15-13-11-9-7-2/h8,10,14,16,18-19,21-22,24-25,41-42H,6-7,9,11-13,15,17,20,23,26-40H2,1-5H3/p+1/b10-8+,16-14+,19-18+,22-21+,25-24+. The van der Waals surface area contributed by atoms with E-state index in [1.54, 1.807) is 0 Å². The normalized spacial score (nSPS) is 13.6. The number of carboxylic acids is 1. The summed E-state index contributed by atoms with van der Waals surface area (Å²) in [7, 11) is 5.50. The number of aliphatic carboxylic acids is 1. The van der Waals surface area contributed by atoms with Crippen LogP contribution in [0.3, 0.4) is 0 Å². The molecule has 2 atom stereocenters. The number of carbonyl (C=O) groups excluding carboxylic acids is 2. The van der Waals surface area contributed by atoms with Crippen LogP contribution in [0.25, 0.3) is 0 Å². The number of allylic oxidation sites excluding steroid dienone is 10. The Bertz CT molecular complexity index is 1050. The van der Waals surface area contributed by atoms with Gasteiger partial charge < -0.3 is 23.8 Å². The summed E-state index contributed by atoms with van der Waals surface area (Å²) in [5.74, 6) is -1.51. The number of carbonyl (C=O) groups is 3. The molecule has 2 unspecified atom stereocenters. The quantitative estimate of drug-likeness (QED) is 0.0295. The SMILES string of the molecule is CC/C=C/C/C=C/C/C=C/C/C=C/C/C=C/CCCCCCC(=O)OCC(COCCC(C(=O)O)[N+](C)(C)C)OC(=O)CCCCCCCCCCC. The molecule has 0 spiro atoms. The minimum atomic E-state index is -0.881. The topological polar surface area (TPSA) is 99.1 Å². The van der Waals surface area contributed by atoms with Crippen molar-refractivity contribution in [3.05, 3.63) is 60.8 Å². The van der Waals surface area contributed by atoms with E-state index in [4.69, 9.17) is 14.2 Å². The molecule has 0 aromatic rings. The minimum absolute atomic E-state index is 0.0516. The third-order valence-corrected chi connectivity index (χ3v) is 8.93. The molecule has 0 aliphatic carbocycles. The Hall–Kier alpha value is -2.97. The van der Waals surface area contributed by atoms with Crippen LogP contribution in [0.2, 0.25) is 0 Å². The van der Waals surface area contributed by atoms with Crippen LogP contribution in [0.5, 0.6) is 0 Å². The van der Waals surface area contributed by atoms with Crippen LogP contribution in [0.1, 0.15) is 155 Å². The van der Waals surface area contributed by atoms with Crippen LogP contribution in [-0.4, -0.2) is 80.6 Å². The highest BCUT2D eigenvalue weighted by Crippen LogP contribution is 2.13. The zero-order chi connectivity index (χ0) is 39.3. The largest absolute Gasteiger partial charge is 0.477 e. The first-order valence-corrected chi connectivity index (χ1v) is 20.8. The van der Waals surface area contributed by atoms with Gasteiger partial charge in [0, 0.05) is 19.3 Å². The lowest BCUT2D eigenvalue weighted by molar-refractivity contribution is -0.887. The molecular formula is C45H78NO7+. The van der Waals surface area contributed by atoms with Gasteiger partial charge in [0.05, 0.1) is 34.4 Å². The fraction of sp³-hybridized carbons (Fsp3) is 0.711. The second kappa shape index (κ2) is 36.0. The van der Waals surface area contributed by atoms with Crippen molar-refractivity contribution >= 4 is 17.9 Å². The number of hydrogen-bond donors (Lipinski definition) is 1. The van der Waals surface area contributed by atoms with Crippen molar-refractivity contribution in [2.45, 2.75) is 167 Å². The van der Waals surface area contributed by atoms with Crippen LogP contribution >= 0.6 is 0 Å². The summed E-state index contributed by atoms with van der Waals surface area (Å²) in [4.78, 5) is 36.8. The molecule has 0 bridgehead atoms. The minimum Gasteiger partial charge on any atom is -0.477 e. The Morgan fingerprint density at radius 1 is 0.585 bits per heavy atom. The second-order valence-corrected chi connectivity index (χ2v) is 14.9. The molecule has 0 amide bonds. The molecule has 0 aromatic carbocycles. The van der Waals surface area contributed by atoms with Gasteiger partial charge in [0.15, 0.2) is 12.1 Å². The molecule has 0 radical (unpaired) electrons. The van der Waals surface area contributed by atoms with Gasteiger partial charge in [-0.1, -0.05) is 139 Å². The van der Waals surface area contributed by atoms with E-state index >= 15 is 0 Å². The van der Waals surface area contributed by atoms with Crippen molar-refractivity contribution in [1.29, 1.82) is 0 Å². The molecule has 0 saturated carbocycles. The Balaban J connectivity index is 4.35. The third-order valence-electron chi connectivity index (χ3n) is 8.93. The fourth-order valence-corrected chi connectivity index (χ4v) is 5.70. The number of ether oxygens (including phenoxy) is 3. The molecule has 304 valence electrons. The Labute approximate surface area is 324 Å². The van der Waals surface area contributed by atoms with Gasteiger partial charge in [-0.3, -0.25) is 9.59 Å². The number of esters is 2. The van der Waals surface area contributed by atoms with Crippen LogP contribution in [0.15, 0.2) is 60.8 Å². The van der Waals surface area contributed by atoms with E-state index < -0.39 is 18.1 Å². The van der Waals surface area contributed by atoms with E-state index in [1.165, 1.54) is 38.5 Å². The van der Waals surface area contributed by atoms with Gasteiger partial charge in [0.1, 0.15) is 6.61 Å². The molecule has 0 heterocycles. The Morgan fingerprint density at radius 3 is 1.57 bits per heavy atom. The summed E-state index contributed by atoms with van der Waals surface area (Å²) in [6.07, 6.45) is 42.7. The van der Waals surface area contributed by atoms with Crippen molar-refractivity contribution in [3.8, 4) is 0 Å². The van der Waals surface area contributed by atoms with Crippen molar-refractivity contribution in [2.75, 3.05) is 41.0 Å². The lowest BCUT2D eigenvalue weighted by Crippen LogP contribution is -2.50. The maximum absolute atomic E-state index is 12.6. The molecule has 0 aliphatic rings. The van der Waals surface area contributed by atoms with Gasteiger partial charge >= 0.3 is 17.9 Å². The molecule has 0 saturated heterocycles. The summed E-state index contributed by atoms with van der Waals surface area (Å²) >= 11 is 0. The third kappa shape index (κ3) is 34.5. The van der Waals surface area contributed by atoms with Crippen LogP contribution in [-0.2, 0) is 28.6 Å². The smallest absolute Gasteiger partial charge is 0.362 e. The molecule has 1 N–H and O–H groups in total. The van der Waals surface area contributed by atoms with E-state index in [9.17, 15) is 19.5 Å². The average Bonchev–Trinajstić information content (AvgIpc) is 3.11. The number of quaternary nitrogens is 1. The maximum Gasteiger partial charge on any atom is 0.362 e. The fourth-order valence-electron chi connectivity index (χ4n) is 5.70. The van der Waals surface area contributed by atoms with E-state index in [1.807, 2.05) is 21.1 Å². The first-order chi connectivity index (χ1) is 25.6. The Kier molecular flexibility index (Phi) is 34.0. The van der Waals surface area contributed by atoms with Gasteiger partial charge in [-0.2, -0.15) is 0 Å². The highest BCUT2D eigenvalue weighted by Gasteiger charge is 2.31. The first kappa shape index (κ1) is 50.0. The lowest BCUT2D eigenvalue weighted by atomic mass is 10.1. The monoisotopic (exact) mass is 745 g/mol. The van der Waals surface area contributed by atoms with Crippen molar-refractivity contribution in [2.24, 2.45) is 0 Å². The van der Waals surface area contributed by atoms with E-state index in [0.717, 1.165) is 83.5 Å². The molecule has 8 nitrogen and oxygen atoms in total. The predicted molar refractivity (Wildman–Crippen MR) is 220 cm³/mol. The zero-order valence-electron chi connectivity index (χ0n) is 34.4. The number of carboxylic acid groups (broad SMARTS) is 1. The molecule has 53 heavy (non-hydrogen) atoms. The summed E-state index contributed by atoms with van der Waals surface area (Å²) in [5, 5.41) is 9.59. The molecule has 0 aliphatic heterocycles. The predicted octanol–water partition coefficient (Wildman–Crippen LogP) is 11.0. The zero-order valence-corrected chi connectivity index (χ0v) is 34.4. The van der Waals surface area contributed by atoms with Gasteiger partial charge in [-0.05, 0) is 57.8 Å². The second-order valence-electron chi connectivity index (χ2n) is 14.9. The highest BCUT2D eigenvalue weighted by molar-refractivity contribution is 5.72. The number of rotatable bonds is 36. The number of nitrogens with zero attached hydrogens (tertiary/aromatic N) is 1. The van der Waals surface area contributed by atoms with Crippen molar-refractivity contribution < 1.29 is 38.2 Å². The highest BCUT2D eigenvalue weighted by atomic mass is 16.6. The van der Waals surface area contributed by atoms with Crippen LogP contribution in [0.4, 0.5) is 0 Å². The molecule has 0 rings (SSSR count).